The molecule has 0 bridgehead atoms. The van der Waals surface area contributed by atoms with Crippen molar-refractivity contribution < 1.29 is 9.59 Å². The number of nitrogens with two attached hydrogens (primary N) is 1. The van der Waals surface area contributed by atoms with Gasteiger partial charge in [0.15, 0.2) is 11.8 Å². The van der Waals surface area contributed by atoms with Crippen LogP contribution in [0.2, 0.25) is 5.02 Å². The van der Waals surface area contributed by atoms with Gasteiger partial charge in [-0.15, -0.1) is 0 Å². The van der Waals surface area contributed by atoms with Crippen LogP contribution < -0.4 is 16.0 Å². The van der Waals surface area contributed by atoms with Gasteiger partial charge in [-0.2, -0.15) is 12.6 Å². The molecule has 1 aliphatic heterocycles. The molecule has 2 aromatic carbocycles. The highest BCUT2D eigenvalue weighted by atomic mass is 79.9. The molecule has 2 aromatic rings. The molecule has 0 saturated heterocycles. The number of carbonyl (C=O) groups is 2. The maximum absolute atomic E-state index is 14.3. The lowest BCUT2D eigenvalue weighted by Crippen LogP contribution is -2.64. The number of benzene rings is 2. The van der Waals surface area contributed by atoms with E-state index >= 15 is 0 Å². The van der Waals surface area contributed by atoms with Crippen LogP contribution in [0, 0.1) is 0 Å². The fourth-order valence-corrected chi connectivity index (χ4v) is 5.42. The molecule has 1 aliphatic carbocycles. The van der Waals surface area contributed by atoms with Gasteiger partial charge in [-0.3, -0.25) is 24.8 Å². The summed E-state index contributed by atoms with van der Waals surface area (Å²) in [7, 11) is 1.80. The van der Waals surface area contributed by atoms with E-state index in [1.807, 2.05) is 49.4 Å². The summed E-state index contributed by atoms with van der Waals surface area (Å²) >= 11 is 14.3. The third-order valence-corrected chi connectivity index (χ3v) is 7.61. The summed E-state index contributed by atoms with van der Waals surface area (Å²) < 4.78 is 0.907. The minimum Gasteiger partial charge on any atom is -0.321 e. The van der Waals surface area contributed by atoms with E-state index in [0.29, 0.717) is 28.4 Å². The molecule has 182 valence electrons. The van der Waals surface area contributed by atoms with Crippen molar-refractivity contribution in [1.29, 1.82) is 0 Å². The molecule has 0 aromatic heterocycles. The minimum atomic E-state index is -1.35. The Kier molecular flexibility index (Phi) is 7.68. The van der Waals surface area contributed by atoms with Crippen molar-refractivity contribution in [1.82, 2.24) is 5.32 Å². The van der Waals surface area contributed by atoms with Crippen LogP contribution in [0.4, 0.5) is 5.69 Å². The van der Waals surface area contributed by atoms with E-state index in [9.17, 15) is 9.59 Å². The molecule has 4 rings (SSSR count). The van der Waals surface area contributed by atoms with E-state index in [0.717, 1.165) is 15.6 Å². The quantitative estimate of drug-likeness (QED) is 0.356. The first-order chi connectivity index (χ1) is 16.7. The van der Waals surface area contributed by atoms with Gasteiger partial charge < -0.3 is 5.73 Å². The Morgan fingerprint density at radius 2 is 2.03 bits per heavy atom. The fraction of sp³-hybridized carbons (Fsp3) is 0.269. The zero-order valence-electron chi connectivity index (χ0n) is 19.3. The molecule has 2 aliphatic rings. The van der Waals surface area contributed by atoms with Gasteiger partial charge >= 0.3 is 0 Å². The van der Waals surface area contributed by atoms with Gasteiger partial charge in [0.25, 0.3) is 5.91 Å². The molecule has 6 nitrogen and oxygen atoms in total. The van der Waals surface area contributed by atoms with Crippen LogP contribution in [-0.2, 0) is 9.59 Å². The van der Waals surface area contributed by atoms with Crippen molar-refractivity contribution in [2.75, 3.05) is 17.7 Å². The number of nitrogens with zero attached hydrogens (tertiary/aromatic N) is 2. The SMILES string of the molecule is CNC1(N2C(=O)C(C(=O)C(N)CS)N=C(c3ccccc3)c3cc(Cl)ccc32)CC(Br)=CC=C1C. The summed E-state index contributed by atoms with van der Waals surface area (Å²) in [6.45, 7) is 1.95. The lowest BCUT2D eigenvalue weighted by molar-refractivity contribution is -0.129. The van der Waals surface area contributed by atoms with Crippen LogP contribution in [0.25, 0.3) is 0 Å². The minimum absolute atomic E-state index is 0.0992. The summed E-state index contributed by atoms with van der Waals surface area (Å²) in [4.78, 5) is 34.2. The Hall–Kier alpha value is -2.23. The molecule has 1 amide bonds. The number of halogens is 2. The van der Waals surface area contributed by atoms with Crippen molar-refractivity contribution in [2.45, 2.75) is 31.1 Å². The Labute approximate surface area is 223 Å². The van der Waals surface area contributed by atoms with Crippen molar-refractivity contribution >= 4 is 63.2 Å². The molecule has 0 radical (unpaired) electrons. The largest absolute Gasteiger partial charge is 0.321 e. The molecule has 0 spiro atoms. The molecule has 1 heterocycles. The van der Waals surface area contributed by atoms with Gasteiger partial charge in [-0.05, 0) is 42.2 Å². The fourth-order valence-electron chi connectivity index (χ4n) is 4.53. The van der Waals surface area contributed by atoms with E-state index in [1.165, 1.54) is 0 Å². The maximum Gasteiger partial charge on any atom is 0.261 e. The summed E-state index contributed by atoms with van der Waals surface area (Å²) in [6.07, 6.45) is 4.37. The standard InChI is InChI=1S/C26H26BrClN4O2S/c1-15-8-9-17(27)13-26(15,30-2)32-21-11-10-18(28)12-19(21)22(16-6-4-3-5-7-16)31-23(25(32)34)24(33)20(29)14-35/h3-12,20,23,30,35H,13-14,29H2,1-2H3. The van der Waals surface area contributed by atoms with Crippen LogP contribution in [0.15, 0.2) is 75.7 Å². The topological polar surface area (TPSA) is 87.8 Å². The summed E-state index contributed by atoms with van der Waals surface area (Å²) in [6, 6.07) is 12.5. The predicted molar refractivity (Wildman–Crippen MR) is 149 cm³/mol. The Balaban J connectivity index is 2.04. The van der Waals surface area contributed by atoms with E-state index in [4.69, 9.17) is 22.3 Å². The van der Waals surface area contributed by atoms with Crippen molar-refractivity contribution in [3.63, 3.8) is 0 Å². The third kappa shape index (κ3) is 4.66. The van der Waals surface area contributed by atoms with Gasteiger partial charge in [-0.25, -0.2) is 0 Å². The average molecular weight is 574 g/mol. The monoisotopic (exact) mass is 572 g/mol. The first-order valence-electron chi connectivity index (χ1n) is 11.1. The molecular formula is C26H26BrClN4O2S. The molecular weight excluding hydrogens is 548 g/mol. The molecule has 3 unspecified atom stereocenters. The second-order valence-corrected chi connectivity index (χ2v) is 10.3. The molecule has 0 fully saturated rings. The summed E-state index contributed by atoms with van der Waals surface area (Å²) in [5, 5.41) is 3.86. The predicted octanol–water partition coefficient (Wildman–Crippen LogP) is 4.26. The number of allylic oxidation sites excluding steroid dienone is 2. The number of carbonyl (C=O) groups excluding carboxylic acids is 2. The van der Waals surface area contributed by atoms with Gasteiger partial charge in [0.05, 0.1) is 17.4 Å². The van der Waals surface area contributed by atoms with Gasteiger partial charge in [-0.1, -0.05) is 70.0 Å². The number of fused-ring (bicyclic) bond motifs is 1. The zero-order chi connectivity index (χ0) is 25.3. The number of likely N-dealkylation sites (N-methyl/N-ethyl adjacent to an activating group) is 1. The van der Waals surface area contributed by atoms with Crippen LogP contribution in [-0.4, -0.2) is 47.9 Å². The number of amides is 1. The third-order valence-electron chi connectivity index (χ3n) is 6.43. The Morgan fingerprint density at radius 3 is 2.69 bits per heavy atom. The van der Waals surface area contributed by atoms with Gasteiger partial charge in [0.2, 0.25) is 0 Å². The van der Waals surface area contributed by atoms with E-state index in [1.54, 1.807) is 30.1 Å². The van der Waals surface area contributed by atoms with Gasteiger partial charge in [0, 0.05) is 28.3 Å². The number of thiol groups is 1. The highest BCUT2D eigenvalue weighted by Gasteiger charge is 2.48. The lowest BCUT2D eigenvalue weighted by Gasteiger charge is -2.46. The number of Topliss-reactive ketones (excluding diaryl/α,β-unsaturated/α-hetero) is 1. The smallest absolute Gasteiger partial charge is 0.261 e. The number of ketones is 1. The summed E-state index contributed by atoms with van der Waals surface area (Å²) in [5.74, 6) is -0.853. The number of nitrogens with one attached hydrogen (secondary N) is 1. The Bertz CT molecular complexity index is 1260. The van der Waals surface area contributed by atoms with Crippen LogP contribution in [0.5, 0.6) is 0 Å². The number of anilines is 1. The molecule has 3 N–H and O–H groups in total. The van der Waals surface area contributed by atoms with Crippen molar-refractivity contribution in [3.05, 3.63) is 86.9 Å². The van der Waals surface area contributed by atoms with E-state index < -0.39 is 29.4 Å². The lowest BCUT2D eigenvalue weighted by atomic mass is 9.88. The van der Waals surface area contributed by atoms with Crippen molar-refractivity contribution in [3.8, 4) is 0 Å². The number of rotatable bonds is 6. The highest BCUT2D eigenvalue weighted by molar-refractivity contribution is 9.11. The molecule has 0 saturated carbocycles. The zero-order valence-corrected chi connectivity index (χ0v) is 22.6. The second-order valence-electron chi connectivity index (χ2n) is 8.52. The summed E-state index contributed by atoms with van der Waals surface area (Å²) in [5.41, 5.74) is 8.56. The van der Waals surface area contributed by atoms with E-state index in [2.05, 4.69) is 33.9 Å². The molecule has 3 atom stereocenters. The highest BCUT2D eigenvalue weighted by Crippen LogP contribution is 2.42. The number of aliphatic imine (C=N–C) groups is 1. The Morgan fingerprint density at radius 1 is 1.31 bits per heavy atom. The number of hydrogen-bond donors (Lipinski definition) is 3. The second kappa shape index (κ2) is 10.4. The van der Waals surface area contributed by atoms with Gasteiger partial charge in [0.1, 0.15) is 5.66 Å². The maximum atomic E-state index is 14.3. The van der Waals surface area contributed by atoms with Crippen molar-refractivity contribution in [2.24, 2.45) is 10.7 Å². The van der Waals surface area contributed by atoms with Crippen LogP contribution in [0.1, 0.15) is 24.5 Å². The number of hydrogen-bond acceptors (Lipinski definition) is 6. The normalized spacial score (nSPS) is 23.0. The average Bonchev–Trinajstić information content (AvgIpc) is 2.99. The number of benzodiazepines with no additional fused rings is 1. The molecule has 35 heavy (non-hydrogen) atoms. The first-order valence-corrected chi connectivity index (χ1v) is 12.9. The van der Waals surface area contributed by atoms with Crippen LogP contribution in [0.3, 0.4) is 0 Å². The first kappa shape index (κ1) is 25.9. The van der Waals surface area contributed by atoms with E-state index in [-0.39, 0.29) is 5.75 Å². The molecule has 9 heteroatoms. The van der Waals surface area contributed by atoms with Crippen LogP contribution >= 0.6 is 40.2 Å².